The summed E-state index contributed by atoms with van der Waals surface area (Å²) in [6, 6.07) is 6.36. The average molecular weight is 277 g/mol. The van der Waals surface area contributed by atoms with Crippen LogP contribution in [0, 0.1) is 0 Å². The lowest BCUT2D eigenvalue weighted by molar-refractivity contribution is 0.0603. The van der Waals surface area contributed by atoms with Gasteiger partial charge in [0.2, 0.25) is 0 Å². The Labute approximate surface area is 122 Å². The minimum atomic E-state index is -0.386. The van der Waals surface area contributed by atoms with Crippen molar-refractivity contribution in [1.29, 1.82) is 0 Å². The highest BCUT2D eigenvalue weighted by atomic mass is 16.5. The summed E-state index contributed by atoms with van der Waals surface area (Å²) < 4.78 is 5.55. The Morgan fingerprint density at radius 2 is 1.90 bits per heavy atom. The molecule has 0 aliphatic heterocycles. The summed E-state index contributed by atoms with van der Waals surface area (Å²) in [7, 11) is 0. The van der Waals surface area contributed by atoms with E-state index >= 15 is 0 Å². The lowest BCUT2D eigenvalue weighted by Gasteiger charge is -2.30. The molecule has 1 unspecified atom stereocenters. The van der Waals surface area contributed by atoms with E-state index in [1.807, 2.05) is 19.1 Å². The van der Waals surface area contributed by atoms with E-state index < -0.39 is 0 Å². The zero-order valence-corrected chi connectivity index (χ0v) is 12.9. The first-order valence-corrected chi connectivity index (χ1v) is 7.88. The van der Waals surface area contributed by atoms with Gasteiger partial charge in [-0.3, -0.25) is 4.90 Å². The molecule has 1 aliphatic carbocycles. The van der Waals surface area contributed by atoms with E-state index in [0.717, 1.165) is 43.7 Å². The van der Waals surface area contributed by atoms with E-state index in [1.54, 1.807) is 0 Å². The monoisotopic (exact) mass is 277 g/mol. The van der Waals surface area contributed by atoms with Crippen LogP contribution in [0.3, 0.4) is 0 Å². The van der Waals surface area contributed by atoms with Gasteiger partial charge in [0.25, 0.3) is 0 Å². The van der Waals surface area contributed by atoms with Crippen LogP contribution in [0.5, 0.6) is 5.75 Å². The van der Waals surface area contributed by atoms with Gasteiger partial charge in [-0.15, -0.1) is 0 Å². The number of aliphatic hydroxyl groups is 1. The molecule has 1 aromatic carbocycles. The van der Waals surface area contributed by atoms with Gasteiger partial charge in [0.1, 0.15) is 5.75 Å². The van der Waals surface area contributed by atoms with Gasteiger partial charge in [0.15, 0.2) is 0 Å². The van der Waals surface area contributed by atoms with Gasteiger partial charge in [0, 0.05) is 6.04 Å². The van der Waals surface area contributed by atoms with Crippen molar-refractivity contribution < 1.29 is 9.84 Å². The quantitative estimate of drug-likeness (QED) is 0.831. The molecule has 0 saturated carbocycles. The standard InChI is InChI=1S/C17H27NO2/c1-4-9-18(10-5-2)16-11-13-7-8-14(20-6-3)12-15(13)17(16)19/h7-8,12,16-17,19H,4-6,9-11H2,1-3H3/t16-,17?/m0/s1. The van der Waals surface area contributed by atoms with E-state index in [9.17, 15) is 5.11 Å². The highest BCUT2D eigenvalue weighted by Crippen LogP contribution is 2.36. The predicted molar refractivity (Wildman–Crippen MR) is 82.2 cm³/mol. The normalized spacial score (nSPS) is 21.2. The number of ether oxygens (including phenoxy) is 1. The van der Waals surface area contributed by atoms with E-state index in [4.69, 9.17) is 4.74 Å². The fraction of sp³-hybridized carbons (Fsp3) is 0.647. The van der Waals surface area contributed by atoms with Crippen LogP contribution >= 0.6 is 0 Å². The van der Waals surface area contributed by atoms with Gasteiger partial charge in [-0.2, -0.15) is 0 Å². The smallest absolute Gasteiger partial charge is 0.119 e. The van der Waals surface area contributed by atoms with Crippen molar-refractivity contribution in [3.63, 3.8) is 0 Å². The maximum absolute atomic E-state index is 10.7. The lowest BCUT2D eigenvalue weighted by Crippen LogP contribution is -2.39. The first kappa shape index (κ1) is 15.3. The second-order valence-electron chi connectivity index (χ2n) is 5.55. The number of benzene rings is 1. The summed E-state index contributed by atoms with van der Waals surface area (Å²) in [6.45, 7) is 9.16. The molecule has 2 atom stereocenters. The third-order valence-corrected chi connectivity index (χ3v) is 4.03. The molecule has 0 spiro atoms. The number of aliphatic hydroxyl groups excluding tert-OH is 1. The van der Waals surface area contributed by atoms with Gasteiger partial charge in [-0.25, -0.2) is 0 Å². The van der Waals surface area contributed by atoms with E-state index in [1.165, 1.54) is 5.56 Å². The molecule has 0 saturated heterocycles. The number of rotatable bonds is 7. The fourth-order valence-electron chi connectivity index (χ4n) is 3.18. The van der Waals surface area contributed by atoms with Gasteiger partial charge in [-0.05, 0) is 62.5 Å². The Hall–Kier alpha value is -1.06. The largest absolute Gasteiger partial charge is 0.494 e. The average Bonchev–Trinajstić information content (AvgIpc) is 2.76. The van der Waals surface area contributed by atoms with Crippen LogP contribution in [0.2, 0.25) is 0 Å². The molecule has 0 bridgehead atoms. The zero-order chi connectivity index (χ0) is 14.5. The van der Waals surface area contributed by atoms with Gasteiger partial charge in [0.05, 0.1) is 12.7 Å². The van der Waals surface area contributed by atoms with Gasteiger partial charge >= 0.3 is 0 Å². The SMILES string of the molecule is CCCN(CCC)[C@H]1Cc2ccc(OCC)cc2C1O. The summed E-state index contributed by atoms with van der Waals surface area (Å²) in [5.41, 5.74) is 2.32. The lowest BCUT2D eigenvalue weighted by atomic mass is 10.1. The fourth-order valence-corrected chi connectivity index (χ4v) is 3.18. The van der Waals surface area contributed by atoms with Crippen LogP contribution in [-0.4, -0.2) is 35.7 Å². The van der Waals surface area contributed by atoms with E-state index in [0.29, 0.717) is 6.61 Å². The number of hydrogen-bond donors (Lipinski definition) is 1. The minimum Gasteiger partial charge on any atom is -0.494 e. The van der Waals surface area contributed by atoms with Crippen LogP contribution in [0.1, 0.15) is 50.8 Å². The molecule has 0 radical (unpaired) electrons. The molecule has 1 aliphatic rings. The highest BCUT2D eigenvalue weighted by Gasteiger charge is 2.34. The second kappa shape index (κ2) is 7.09. The predicted octanol–water partition coefficient (Wildman–Crippen LogP) is 3.17. The number of hydrogen-bond acceptors (Lipinski definition) is 3. The Bertz CT molecular complexity index is 427. The maximum Gasteiger partial charge on any atom is 0.119 e. The molecule has 112 valence electrons. The molecule has 2 rings (SSSR count). The van der Waals surface area contributed by atoms with Crippen LogP contribution in [-0.2, 0) is 6.42 Å². The van der Waals surface area contributed by atoms with Crippen LogP contribution in [0.4, 0.5) is 0 Å². The third kappa shape index (κ3) is 3.15. The van der Waals surface area contributed by atoms with Crippen LogP contribution < -0.4 is 4.74 Å². The van der Waals surface area contributed by atoms with Crippen molar-refractivity contribution in [2.24, 2.45) is 0 Å². The number of nitrogens with zero attached hydrogens (tertiary/aromatic N) is 1. The molecule has 3 heteroatoms. The summed E-state index contributed by atoms with van der Waals surface area (Å²) in [5.74, 6) is 0.864. The molecule has 0 fully saturated rings. The second-order valence-corrected chi connectivity index (χ2v) is 5.55. The molecule has 0 amide bonds. The van der Waals surface area contributed by atoms with Crippen molar-refractivity contribution >= 4 is 0 Å². The Morgan fingerprint density at radius 1 is 1.20 bits per heavy atom. The molecular weight excluding hydrogens is 250 g/mol. The van der Waals surface area contributed by atoms with E-state index in [2.05, 4.69) is 24.8 Å². The molecular formula is C17H27NO2. The van der Waals surface area contributed by atoms with E-state index in [-0.39, 0.29) is 12.1 Å². The first-order valence-electron chi connectivity index (χ1n) is 7.88. The highest BCUT2D eigenvalue weighted by molar-refractivity contribution is 5.41. The zero-order valence-electron chi connectivity index (χ0n) is 12.9. The Kier molecular flexibility index (Phi) is 5.44. The Morgan fingerprint density at radius 3 is 2.50 bits per heavy atom. The molecule has 1 N–H and O–H groups in total. The van der Waals surface area contributed by atoms with Gasteiger partial charge in [-0.1, -0.05) is 19.9 Å². The topological polar surface area (TPSA) is 32.7 Å². The maximum atomic E-state index is 10.7. The molecule has 20 heavy (non-hydrogen) atoms. The minimum absolute atomic E-state index is 0.224. The summed E-state index contributed by atoms with van der Waals surface area (Å²) in [6.07, 6.45) is 2.82. The Balaban J connectivity index is 2.16. The summed E-state index contributed by atoms with van der Waals surface area (Å²) in [5, 5.41) is 10.7. The van der Waals surface area contributed by atoms with Crippen molar-refractivity contribution in [2.75, 3.05) is 19.7 Å². The van der Waals surface area contributed by atoms with Crippen molar-refractivity contribution in [3.05, 3.63) is 29.3 Å². The van der Waals surface area contributed by atoms with Crippen molar-refractivity contribution in [2.45, 2.75) is 52.2 Å². The molecule has 3 nitrogen and oxygen atoms in total. The number of fused-ring (bicyclic) bond motifs is 1. The van der Waals surface area contributed by atoms with Crippen molar-refractivity contribution in [3.8, 4) is 5.75 Å². The van der Waals surface area contributed by atoms with Crippen LogP contribution in [0.15, 0.2) is 18.2 Å². The third-order valence-electron chi connectivity index (χ3n) is 4.03. The van der Waals surface area contributed by atoms with Crippen LogP contribution in [0.25, 0.3) is 0 Å². The molecule has 0 aromatic heterocycles. The summed E-state index contributed by atoms with van der Waals surface area (Å²) in [4.78, 5) is 2.44. The first-order chi connectivity index (χ1) is 9.71. The molecule has 0 heterocycles. The molecule has 1 aromatic rings. The van der Waals surface area contributed by atoms with Crippen molar-refractivity contribution in [1.82, 2.24) is 4.90 Å². The summed E-state index contributed by atoms with van der Waals surface area (Å²) >= 11 is 0. The van der Waals surface area contributed by atoms with Gasteiger partial charge < -0.3 is 9.84 Å².